The first kappa shape index (κ1) is 9.20. The lowest BCUT2D eigenvalue weighted by Gasteiger charge is -2.12. The van der Waals surface area contributed by atoms with Gasteiger partial charge in [0.1, 0.15) is 0 Å². The molecule has 1 heteroatoms. The number of allylic oxidation sites excluding steroid dienone is 1. The van der Waals surface area contributed by atoms with Crippen molar-refractivity contribution >= 4 is 11.8 Å². The van der Waals surface area contributed by atoms with Gasteiger partial charge in [-0.15, -0.1) is 0 Å². The quantitative estimate of drug-likeness (QED) is 0.637. The van der Waals surface area contributed by atoms with Crippen LogP contribution in [0.3, 0.4) is 0 Å². The van der Waals surface area contributed by atoms with Gasteiger partial charge in [-0.3, -0.25) is 4.99 Å². The molecule has 0 N–H and O–H groups in total. The van der Waals surface area contributed by atoms with Crippen LogP contribution in [0.15, 0.2) is 29.3 Å². The summed E-state index contributed by atoms with van der Waals surface area (Å²) in [4.78, 5) is 4.20. The van der Waals surface area contributed by atoms with Crippen LogP contribution in [0.4, 0.5) is 0 Å². The molecule has 0 bridgehead atoms. The van der Waals surface area contributed by atoms with E-state index in [0.29, 0.717) is 0 Å². The summed E-state index contributed by atoms with van der Waals surface area (Å²) in [6.45, 7) is 5.14. The molecule has 0 saturated carbocycles. The molecule has 14 heavy (non-hydrogen) atoms. The Balaban J connectivity index is 2.40. The Hall–Kier alpha value is -1.37. The summed E-state index contributed by atoms with van der Waals surface area (Å²) in [7, 11) is 0. The van der Waals surface area contributed by atoms with E-state index in [1.807, 2.05) is 6.21 Å². The third-order valence-corrected chi connectivity index (χ3v) is 2.62. The van der Waals surface area contributed by atoms with Gasteiger partial charge < -0.3 is 0 Å². The Bertz CT molecular complexity index is 400. The SMILES string of the molecule is Cc1ccc(C)c(C2=CCN=CC2)c1. The van der Waals surface area contributed by atoms with Gasteiger partial charge >= 0.3 is 0 Å². The highest BCUT2D eigenvalue weighted by Crippen LogP contribution is 2.23. The zero-order chi connectivity index (χ0) is 9.97. The summed E-state index contributed by atoms with van der Waals surface area (Å²) in [6, 6.07) is 6.62. The highest BCUT2D eigenvalue weighted by atomic mass is 14.7. The molecule has 72 valence electrons. The fraction of sp³-hybridized carbons (Fsp3) is 0.308. The van der Waals surface area contributed by atoms with Crippen molar-refractivity contribution in [2.75, 3.05) is 6.54 Å². The van der Waals surface area contributed by atoms with Gasteiger partial charge in [0, 0.05) is 12.6 Å². The molecule has 1 heterocycles. The summed E-state index contributed by atoms with van der Waals surface area (Å²) in [6.07, 6.45) is 5.21. The van der Waals surface area contributed by atoms with Gasteiger partial charge in [0.25, 0.3) is 0 Å². The van der Waals surface area contributed by atoms with Crippen molar-refractivity contribution in [2.45, 2.75) is 20.3 Å². The molecule has 0 fully saturated rings. The number of aliphatic imine (C=N–C) groups is 1. The monoisotopic (exact) mass is 185 g/mol. The molecule has 1 aromatic rings. The van der Waals surface area contributed by atoms with Gasteiger partial charge in [-0.25, -0.2) is 0 Å². The Labute approximate surface area is 85.2 Å². The molecule has 0 radical (unpaired) electrons. The van der Waals surface area contributed by atoms with E-state index in [-0.39, 0.29) is 0 Å². The fourth-order valence-corrected chi connectivity index (χ4v) is 1.79. The van der Waals surface area contributed by atoms with Crippen LogP contribution in [0.25, 0.3) is 5.57 Å². The molecular weight excluding hydrogens is 170 g/mol. The maximum atomic E-state index is 4.20. The topological polar surface area (TPSA) is 12.4 Å². The first-order chi connectivity index (χ1) is 6.77. The zero-order valence-electron chi connectivity index (χ0n) is 8.75. The van der Waals surface area contributed by atoms with Crippen molar-refractivity contribution in [3.8, 4) is 0 Å². The summed E-state index contributed by atoms with van der Waals surface area (Å²) in [5, 5.41) is 0. The predicted molar refractivity (Wildman–Crippen MR) is 61.9 cm³/mol. The van der Waals surface area contributed by atoms with Gasteiger partial charge in [0.2, 0.25) is 0 Å². The summed E-state index contributed by atoms with van der Waals surface area (Å²) >= 11 is 0. The molecule has 1 nitrogen and oxygen atoms in total. The van der Waals surface area contributed by atoms with Crippen molar-refractivity contribution < 1.29 is 0 Å². The number of dihydropyridines is 1. The molecule has 1 aliphatic rings. The first-order valence-corrected chi connectivity index (χ1v) is 5.02. The minimum absolute atomic E-state index is 0.836. The number of benzene rings is 1. The standard InChI is InChI=1S/C13H15N/c1-10-3-4-11(2)13(9-10)12-5-7-14-8-6-12/h3-5,8-9H,6-7H2,1-2H3. The summed E-state index contributed by atoms with van der Waals surface area (Å²) < 4.78 is 0. The third-order valence-electron chi connectivity index (χ3n) is 2.62. The molecule has 0 aliphatic carbocycles. The van der Waals surface area contributed by atoms with Gasteiger partial charge in [-0.2, -0.15) is 0 Å². The first-order valence-electron chi connectivity index (χ1n) is 5.02. The van der Waals surface area contributed by atoms with Crippen molar-refractivity contribution in [3.63, 3.8) is 0 Å². The largest absolute Gasteiger partial charge is 0.293 e. The normalized spacial score (nSPS) is 15.4. The summed E-state index contributed by atoms with van der Waals surface area (Å²) in [5.74, 6) is 0. The molecule has 0 unspecified atom stereocenters. The fourth-order valence-electron chi connectivity index (χ4n) is 1.79. The van der Waals surface area contributed by atoms with E-state index in [2.05, 4.69) is 43.1 Å². The molecule has 1 aliphatic heterocycles. The lowest BCUT2D eigenvalue weighted by atomic mass is 9.95. The molecule has 2 rings (SSSR count). The Morgan fingerprint density at radius 3 is 2.79 bits per heavy atom. The number of rotatable bonds is 1. The number of hydrogen-bond acceptors (Lipinski definition) is 1. The van der Waals surface area contributed by atoms with Gasteiger partial charge in [-0.05, 0) is 30.5 Å². The molecule has 0 amide bonds. The lowest BCUT2D eigenvalue weighted by Crippen LogP contribution is -1.96. The van der Waals surface area contributed by atoms with E-state index < -0.39 is 0 Å². The van der Waals surface area contributed by atoms with Crippen LogP contribution in [-0.4, -0.2) is 12.8 Å². The second-order valence-corrected chi connectivity index (χ2v) is 3.80. The van der Waals surface area contributed by atoms with Gasteiger partial charge in [-0.1, -0.05) is 29.8 Å². The minimum Gasteiger partial charge on any atom is -0.293 e. The van der Waals surface area contributed by atoms with E-state index in [9.17, 15) is 0 Å². The van der Waals surface area contributed by atoms with E-state index in [1.165, 1.54) is 22.3 Å². The molecule has 0 saturated heterocycles. The van der Waals surface area contributed by atoms with Gasteiger partial charge in [0.05, 0.1) is 6.54 Å². The van der Waals surface area contributed by atoms with Gasteiger partial charge in [0.15, 0.2) is 0 Å². The number of hydrogen-bond donors (Lipinski definition) is 0. The van der Waals surface area contributed by atoms with Crippen molar-refractivity contribution in [1.82, 2.24) is 0 Å². The van der Waals surface area contributed by atoms with Crippen LogP contribution in [0.5, 0.6) is 0 Å². The van der Waals surface area contributed by atoms with Crippen molar-refractivity contribution in [1.29, 1.82) is 0 Å². The highest BCUT2D eigenvalue weighted by Gasteiger charge is 2.05. The molecule has 0 aromatic heterocycles. The third kappa shape index (κ3) is 1.77. The lowest BCUT2D eigenvalue weighted by molar-refractivity contribution is 1.19. The Morgan fingerprint density at radius 2 is 2.07 bits per heavy atom. The molecule has 0 atom stereocenters. The summed E-state index contributed by atoms with van der Waals surface area (Å²) in [5.41, 5.74) is 5.49. The highest BCUT2D eigenvalue weighted by molar-refractivity contribution is 5.82. The van der Waals surface area contributed by atoms with Crippen molar-refractivity contribution in [3.05, 3.63) is 41.0 Å². The number of nitrogens with zero attached hydrogens (tertiary/aromatic N) is 1. The number of aryl methyl sites for hydroxylation is 2. The smallest absolute Gasteiger partial charge is 0.0572 e. The van der Waals surface area contributed by atoms with E-state index in [4.69, 9.17) is 0 Å². The maximum absolute atomic E-state index is 4.20. The van der Waals surface area contributed by atoms with Crippen LogP contribution in [0.2, 0.25) is 0 Å². The minimum atomic E-state index is 0.836. The molecule has 0 spiro atoms. The second-order valence-electron chi connectivity index (χ2n) is 3.80. The average molecular weight is 185 g/mol. The van der Waals surface area contributed by atoms with E-state index in [1.54, 1.807) is 0 Å². The van der Waals surface area contributed by atoms with Crippen LogP contribution in [-0.2, 0) is 0 Å². The Morgan fingerprint density at radius 1 is 1.21 bits per heavy atom. The van der Waals surface area contributed by atoms with Crippen molar-refractivity contribution in [2.24, 2.45) is 4.99 Å². The van der Waals surface area contributed by atoms with Crippen LogP contribution in [0, 0.1) is 13.8 Å². The maximum Gasteiger partial charge on any atom is 0.0572 e. The van der Waals surface area contributed by atoms with E-state index in [0.717, 1.165) is 13.0 Å². The van der Waals surface area contributed by atoms with Crippen LogP contribution >= 0.6 is 0 Å². The van der Waals surface area contributed by atoms with Crippen LogP contribution in [0.1, 0.15) is 23.1 Å². The molecule has 1 aromatic carbocycles. The molecular formula is C13H15N. The Kier molecular flexibility index (Phi) is 2.49. The van der Waals surface area contributed by atoms with Crippen LogP contribution < -0.4 is 0 Å². The zero-order valence-corrected chi connectivity index (χ0v) is 8.75. The van der Waals surface area contributed by atoms with E-state index >= 15 is 0 Å². The predicted octanol–water partition coefficient (Wildman–Crippen LogP) is 3.16. The second kappa shape index (κ2) is 3.79. The average Bonchev–Trinajstić information content (AvgIpc) is 2.23.